The molecular weight excluding hydrogens is 250 g/mol. The van der Waals surface area contributed by atoms with Gasteiger partial charge in [0, 0.05) is 6.54 Å². The summed E-state index contributed by atoms with van der Waals surface area (Å²) in [5.74, 6) is 1.66. The topological polar surface area (TPSA) is 41.5 Å². The van der Waals surface area contributed by atoms with Crippen molar-refractivity contribution in [3.63, 3.8) is 0 Å². The molecule has 112 valence electrons. The second kappa shape index (κ2) is 8.28. The normalized spacial score (nSPS) is 17.9. The zero-order valence-corrected chi connectivity index (χ0v) is 12.5. The molecule has 0 aliphatic heterocycles. The first-order valence-electron chi connectivity index (χ1n) is 7.82. The highest BCUT2D eigenvalue weighted by atomic mass is 16.5. The SMILES string of the molecule is CNC[C@@H](O)Cc1cccc(OCC2CCCCC2)c1. The van der Waals surface area contributed by atoms with Crippen LogP contribution in [0.1, 0.15) is 37.7 Å². The number of benzene rings is 1. The monoisotopic (exact) mass is 277 g/mol. The molecule has 0 heterocycles. The van der Waals surface area contributed by atoms with E-state index in [-0.39, 0.29) is 6.10 Å². The average molecular weight is 277 g/mol. The van der Waals surface area contributed by atoms with Crippen molar-refractivity contribution in [2.24, 2.45) is 5.92 Å². The molecule has 0 spiro atoms. The first-order chi connectivity index (χ1) is 9.78. The fourth-order valence-corrected chi connectivity index (χ4v) is 2.91. The van der Waals surface area contributed by atoms with E-state index in [9.17, 15) is 5.11 Å². The number of hydrogen-bond donors (Lipinski definition) is 2. The molecule has 1 aromatic carbocycles. The van der Waals surface area contributed by atoms with Crippen LogP contribution in [0.25, 0.3) is 0 Å². The minimum atomic E-state index is -0.339. The Morgan fingerprint density at radius 3 is 2.85 bits per heavy atom. The number of rotatable bonds is 7. The van der Waals surface area contributed by atoms with E-state index in [1.165, 1.54) is 32.1 Å². The lowest BCUT2D eigenvalue weighted by Gasteiger charge is -2.21. The van der Waals surface area contributed by atoms with Gasteiger partial charge >= 0.3 is 0 Å². The number of hydrogen-bond acceptors (Lipinski definition) is 3. The molecule has 0 saturated heterocycles. The predicted molar refractivity (Wildman–Crippen MR) is 82.1 cm³/mol. The molecule has 1 aliphatic rings. The van der Waals surface area contributed by atoms with Crippen LogP contribution in [0.3, 0.4) is 0 Å². The van der Waals surface area contributed by atoms with Gasteiger partial charge in [0.05, 0.1) is 12.7 Å². The molecule has 0 radical (unpaired) electrons. The molecule has 0 bridgehead atoms. The summed E-state index contributed by atoms with van der Waals surface area (Å²) >= 11 is 0. The van der Waals surface area contributed by atoms with E-state index < -0.39 is 0 Å². The van der Waals surface area contributed by atoms with Gasteiger partial charge in [0.1, 0.15) is 5.75 Å². The zero-order valence-electron chi connectivity index (χ0n) is 12.5. The fraction of sp³-hybridized carbons (Fsp3) is 0.647. The van der Waals surface area contributed by atoms with Crippen molar-refractivity contribution in [2.75, 3.05) is 20.2 Å². The van der Waals surface area contributed by atoms with E-state index in [1.807, 2.05) is 25.2 Å². The van der Waals surface area contributed by atoms with Gasteiger partial charge in [-0.1, -0.05) is 31.4 Å². The van der Waals surface area contributed by atoms with Crippen molar-refractivity contribution in [3.8, 4) is 5.75 Å². The third-order valence-electron chi connectivity index (χ3n) is 4.02. The maximum absolute atomic E-state index is 9.82. The zero-order chi connectivity index (χ0) is 14.2. The fourth-order valence-electron chi connectivity index (χ4n) is 2.91. The average Bonchev–Trinajstić information content (AvgIpc) is 2.47. The van der Waals surface area contributed by atoms with Crippen LogP contribution in [0.15, 0.2) is 24.3 Å². The van der Waals surface area contributed by atoms with E-state index >= 15 is 0 Å². The number of nitrogens with one attached hydrogen (secondary N) is 1. The van der Waals surface area contributed by atoms with Crippen LogP contribution in [-0.4, -0.2) is 31.4 Å². The molecule has 3 heteroatoms. The van der Waals surface area contributed by atoms with Gasteiger partial charge in [-0.2, -0.15) is 0 Å². The Morgan fingerprint density at radius 2 is 2.10 bits per heavy atom. The standard InChI is InChI=1S/C17H27NO2/c1-18-12-16(19)10-15-8-5-9-17(11-15)20-13-14-6-3-2-4-7-14/h5,8-9,11,14,16,18-19H,2-4,6-7,10,12-13H2,1H3/t16-/m0/s1. The van der Waals surface area contributed by atoms with Crippen molar-refractivity contribution in [1.29, 1.82) is 0 Å². The number of aliphatic hydroxyl groups is 1. The van der Waals surface area contributed by atoms with Crippen molar-refractivity contribution in [1.82, 2.24) is 5.32 Å². The Labute approximate surface area is 122 Å². The Morgan fingerprint density at radius 1 is 1.30 bits per heavy atom. The van der Waals surface area contributed by atoms with Gasteiger partial charge < -0.3 is 15.2 Å². The molecule has 1 aliphatic carbocycles. The van der Waals surface area contributed by atoms with Gasteiger partial charge in [0.2, 0.25) is 0 Å². The van der Waals surface area contributed by atoms with Crippen LogP contribution < -0.4 is 10.1 Å². The molecule has 3 nitrogen and oxygen atoms in total. The second-order valence-electron chi connectivity index (χ2n) is 5.88. The van der Waals surface area contributed by atoms with E-state index in [1.54, 1.807) is 0 Å². The van der Waals surface area contributed by atoms with Crippen molar-refractivity contribution < 1.29 is 9.84 Å². The Hall–Kier alpha value is -1.06. The quantitative estimate of drug-likeness (QED) is 0.805. The minimum absolute atomic E-state index is 0.339. The maximum Gasteiger partial charge on any atom is 0.119 e. The molecule has 1 saturated carbocycles. The summed E-state index contributed by atoms with van der Waals surface area (Å²) in [7, 11) is 1.85. The lowest BCUT2D eigenvalue weighted by molar-refractivity contribution is 0.174. The largest absolute Gasteiger partial charge is 0.493 e. The third-order valence-corrected chi connectivity index (χ3v) is 4.02. The third kappa shape index (κ3) is 5.14. The summed E-state index contributed by atoms with van der Waals surface area (Å²) < 4.78 is 5.93. The van der Waals surface area contributed by atoms with E-state index in [0.717, 1.165) is 23.8 Å². The van der Waals surface area contributed by atoms with Crippen LogP contribution in [0.2, 0.25) is 0 Å². The van der Waals surface area contributed by atoms with Crippen LogP contribution in [0.4, 0.5) is 0 Å². The molecule has 20 heavy (non-hydrogen) atoms. The molecule has 1 aromatic rings. The first-order valence-corrected chi connectivity index (χ1v) is 7.82. The summed E-state index contributed by atoms with van der Waals surface area (Å²) in [6.45, 7) is 1.45. The molecule has 0 amide bonds. The Bertz CT molecular complexity index is 388. The van der Waals surface area contributed by atoms with Crippen LogP contribution in [0.5, 0.6) is 5.75 Å². The van der Waals surface area contributed by atoms with Gasteiger partial charge in [0.25, 0.3) is 0 Å². The highest BCUT2D eigenvalue weighted by molar-refractivity contribution is 5.29. The van der Waals surface area contributed by atoms with E-state index in [4.69, 9.17) is 4.74 Å². The highest BCUT2D eigenvalue weighted by Gasteiger charge is 2.14. The number of aliphatic hydroxyl groups excluding tert-OH is 1. The Kier molecular flexibility index (Phi) is 6.34. The summed E-state index contributed by atoms with van der Waals surface area (Å²) in [5.41, 5.74) is 1.13. The van der Waals surface area contributed by atoms with E-state index in [2.05, 4.69) is 11.4 Å². The first kappa shape index (κ1) is 15.3. The predicted octanol–water partition coefficient (Wildman–Crippen LogP) is 2.77. The van der Waals surface area contributed by atoms with Crippen LogP contribution in [-0.2, 0) is 6.42 Å². The van der Waals surface area contributed by atoms with Gasteiger partial charge in [-0.3, -0.25) is 0 Å². The summed E-state index contributed by atoms with van der Waals surface area (Å²) in [4.78, 5) is 0. The molecule has 0 aromatic heterocycles. The summed E-state index contributed by atoms with van der Waals surface area (Å²) in [6.07, 6.45) is 7.03. The number of likely N-dealkylation sites (N-methyl/N-ethyl adjacent to an activating group) is 1. The lowest BCUT2D eigenvalue weighted by atomic mass is 9.90. The Balaban J connectivity index is 1.82. The van der Waals surface area contributed by atoms with Crippen LogP contribution >= 0.6 is 0 Å². The molecular formula is C17H27NO2. The number of ether oxygens (including phenoxy) is 1. The minimum Gasteiger partial charge on any atom is -0.493 e. The molecule has 0 unspecified atom stereocenters. The molecule has 1 fully saturated rings. The van der Waals surface area contributed by atoms with Crippen molar-refractivity contribution >= 4 is 0 Å². The van der Waals surface area contributed by atoms with Gasteiger partial charge in [-0.25, -0.2) is 0 Å². The van der Waals surface area contributed by atoms with Crippen molar-refractivity contribution in [2.45, 2.75) is 44.6 Å². The van der Waals surface area contributed by atoms with Gasteiger partial charge in [0.15, 0.2) is 0 Å². The molecule has 2 rings (SSSR count). The van der Waals surface area contributed by atoms with Crippen LogP contribution in [0, 0.1) is 5.92 Å². The lowest BCUT2D eigenvalue weighted by Crippen LogP contribution is -2.25. The summed E-state index contributed by atoms with van der Waals surface area (Å²) in [6, 6.07) is 8.13. The highest BCUT2D eigenvalue weighted by Crippen LogP contribution is 2.25. The molecule has 2 N–H and O–H groups in total. The van der Waals surface area contributed by atoms with Gasteiger partial charge in [-0.15, -0.1) is 0 Å². The van der Waals surface area contributed by atoms with Crippen molar-refractivity contribution in [3.05, 3.63) is 29.8 Å². The maximum atomic E-state index is 9.82. The second-order valence-corrected chi connectivity index (χ2v) is 5.88. The van der Waals surface area contributed by atoms with Gasteiger partial charge in [-0.05, 0) is 49.9 Å². The molecule has 1 atom stereocenters. The van der Waals surface area contributed by atoms with E-state index in [0.29, 0.717) is 13.0 Å². The smallest absolute Gasteiger partial charge is 0.119 e. The summed E-state index contributed by atoms with van der Waals surface area (Å²) in [5, 5.41) is 12.8.